The molecule has 1 aromatic heterocycles. The summed E-state index contributed by atoms with van der Waals surface area (Å²) in [7, 11) is 0. The molecule has 1 saturated heterocycles. The quantitative estimate of drug-likeness (QED) is 0.861. The van der Waals surface area contributed by atoms with Crippen molar-refractivity contribution >= 4 is 52.0 Å². The molecule has 0 saturated carbocycles. The number of benzene rings is 1. The Morgan fingerprint density at radius 3 is 2.48 bits per heavy atom. The molecule has 1 aliphatic heterocycles. The number of hydrogen-bond acceptors (Lipinski definition) is 4. The van der Waals surface area contributed by atoms with Crippen LogP contribution in [-0.2, 0) is 4.79 Å². The highest BCUT2D eigenvalue weighted by Gasteiger charge is 2.22. The van der Waals surface area contributed by atoms with E-state index in [4.69, 9.17) is 23.2 Å². The predicted molar refractivity (Wildman–Crippen MR) is 102 cm³/mol. The number of thiophene rings is 1. The van der Waals surface area contributed by atoms with Crippen molar-refractivity contribution in [2.75, 3.05) is 37.6 Å². The maximum absolute atomic E-state index is 12.3. The van der Waals surface area contributed by atoms with Crippen LogP contribution in [-0.4, -0.2) is 49.4 Å². The maximum Gasteiger partial charge on any atom is 0.261 e. The lowest BCUT2D eigenvalue weighted by molar-refractivity contribution is -0.130. The minimum atomic E-state index is -0.275. The monoisotopic (exact) mass is 397 g/mol. The molecule has 2 amide bonds. The highest BCUT2D eigenvalue weighted by molar-refractivity contribution is 7.18. The Kier molecular flexibility index (Phi) is 5.83. The molecule has 0 atom stereocenters. The average Bonchev–Trinajstić information content (AvgIpc) is 3.06. The summed E-state index contributed by atoms with van der Waals surface area (Å²) in [6.07, 6.45) is 0. The van der Waals surface area contributed by atoms with Crippen molar-refractivity contribution < 1.29 is 9.59 Å². The molecule has 1 N–H and O–H groups in total. The molecule has 2 heterocycles. The number of hydrogen-bond donors (Lipinski definition) is 1. The van der Waals surface area contributed by atoms with E-state index in [0.717, 1.165) is 18.8 Å². The Labute approximate surface area is 160 Å². The predicted octanol–water partition coefficient (Wildman–Crippen LogP) is 3.13. The van der Waals surface area contributed by atoms with Gasteiger partial charge in [-0.1, -0.05) is 29.3 Å². The van der Waals surface area contributed by atoms with Crippen LogP contribution in [0.5, 0.6) is 0 Å². The summed E-state index contributed by atoms with van der Waals surface area (Å²) in [5.41, 5.74) is 1.06. The number of carbonyl (C=O) groups excluding carboxylic acids is 2. The van der Waals surface area contributed by atoms with E-state index in [9.17, 15) is 9.59 Å². The molecule has 0 bridgehead atoms. The van der Waals surface area contributed by atoms with Crippen LogP contribution in [0, 0.1) is 0 Å². The highest BCUT2D eigenvalue weighted by Crippen LogP contribution is 2.22. The third-order valence-electron chi connectivity index (χ3n) is 4.00. The molecule has 0 radical (unpaired) electrons. The van der Waals surface area contributed by atoms with E-state index in [0.29, 0.717) is 27.3 Å². The first-order valence-corrected chi connectivity index (χ1v) is 9.42. The minimum Gasteiger partial charge on any atom is -0.368 e. The molecule has 0 unspecified atom stereocenters. The van der Waals surface area contributed by atoms with E-state index in [1.165, 1.54) is 11.3 Å². The first-order chi connectivity index (χ1) is 12.0. The lowest BCUT2D eigenvalue weighted by atomic mass is 10.2. The van der Waals surface area contributed by atoms with Gasteiger partial charge in [-0.25, -0.2) is 0 Å². The zero-order chi connectivity index (χ0) is 17.8. The number of anilines is 1. The van der Waals surface area contributed by atoms with Crippen molar-refractivity contribution in [1.29, 1.82) is 0 Å². The zero-order valence-electron chi connectivity index (χ0n) is 13.4. The largest absolute Gasteiger partial charge is 0.368 e. The number of nitrogens with zero attached hydrogens (tertiary/aromatic N) is 2. The fourth-order valence-electron chi connectivity index (χ4n) is 2.68. The molecular formula is C17H17Cl2N3O2S. The summed E-state index contributed by atoms with van der Waals surface area (Å²) in [5, 5.41) is 3.35. The van der Waals surface area contributed by atoms with Crippen molar-refractivity contribution in [3.63, 3.8) is 0 Å². The molecule has 132 valence electrons. The summed E-state index contributed by atoms with van der Waals surface area (Å²) in [6, 6.07) is 11.0. The Bertz CT molecular complexity index is 773. The molecule has 3 rings (SSSR count). The lowest BCUT2D eigenvalue weighted by Crippen LogP contribution is -2.51. The van der Waals surface area contributed by atoms with E-state index in [1.807, 2.05) is 24.3 Å². The molecule has 1 fully saturated rings. The fraction of sp³-hybridized carbons (Fsp3) is 0.294. The van der Waals surface area contributed by atoms with E-state index in [1.54, 1.807) is 17.0 Å². The van der Waals surface area contributed by atoms with Crippen molar-refractivity contribution in [2.24, 2.45) is 0 Å². The van der Waals surface area contributed by atoms with Crippen LogP contribution in [0.1, 0.15) is 9.67 Å². The van der Waals surface area contributed by atoms with Gasteiger partial charge in [-0.3, -0.25) is 9.59 Å². The van der Waals surface area contributed by atoms with E-state index < -0.39 is 0 Å². The maximum atomic E-state index is 12.3. The zero-order valence-corrected chi connectivity index (χ0v) is 15.7. The standard InChI is InChI=1S/C17H17Cl2N3O2S/c18-12-2-1-3-13(10-12)21-6-8-22(9-7-21)16(23)11-20-17(24)14-4-5-15(19)25-14/h1-5,10H,6-9,11H2,(H,20,24). The minimum absolute atomic E-state index is 0.00842. The van der Waals surface area contributed by atoms with Gasteiger partial charge in [-0.15, -0.1) is 11.3 Å². The van der Waals surface area contributed by atoms with Crippen molar-refractivity contribution in [2.45, 2.75) is 0 Å². The van der Waals surface area contributed by atoms with Crippen molar-refractivity contribution in [3.05, 3.63) is 50.6 Å². The molecule has 1 aliphatic rings. The van der Waals surface area contributed by atoms with Crippen molar-refractivity contribution in [1.82, 2.24) is 10.2 Å². The van der Waals surface area contributed by atoms with Gasteiger partial charge in [0.2, 0.25) is 5.91 Å². The summed E-state index contributed by atoms with van der Waals surface area (Å²) >= 11 is 13.0. The summed E-state index contributed by atoms with van der Waals surface area (Å²) in [4.78, 5) is 28.7. The van der Waals surface area contributed by atoms with E-state index in [-0.39, 0.29) is 18.4 Å². The summed E-state index contributed by atoms with van der Waals surface area (Å²) < 4.78 is 0.550. The number of halogens is 2. The molecular weight excluding hydrogens is 381 g/mol. The Balaban J connectivity index is 1.47. The van der Waals surface area contributed by atoms with Crippen LogP contribution in [0.15, 0.2) is 36.4 Å². The average molecular weight is 398 g/mol. The van der Waals surface area contributed by atoms with Gasteiger partial charge in [0, 0.05) is 36.9 Å². The number of rotatable bonds is 4. The van der Waals surface area contributed by atoms with Gasteiger partial charge in [0.25, 0.3) is 5.91 Å². The topological polar surface area (TPSA) is 52.7 Å². The third kappa shape index (κ3) is 4.66. The highest BCUT2D eigenvalue weighted by atomic mass is 35.5. The number of nitrogens with one attached hydrogen (secondary N) is 1. The second kappa shape index (κ2) is 8.08. The normalized spacial score (nSPS) is 14.5. The van der Waals surface area contributed by atoms with Crippen LogP contribution in [0.25, 0.3) is 0 Å². The molecule has 5 nitrogen and oxygen atoms in total. The van der Waals surface area contributed by atoms with E-state index in [2.05, 4.69) is 10.2 Å². The smallest absolute Gasteiger partial charge is 0.261 e. The van der Waals surface area contributed by atoms with Gasteiger partial charge >= 0.3 is 0 Å². The Morgan fingerprint density at radius 1 is 1.08 bits per heavy atom. The van der Waals surface area contributed by atoms with Gasteiger partial charge in [-0.2, -0.15) is 0 Å². The first kappa shape index (κ1) is 18.0. The summed E-state index contributed by atoms with van der Waals surface area (Å²) in [6.45, 7) is 2.70. The SMILES string of the molecule is O=C(NCC(=O)N1CCN(c2cccc(Cl)c2)CC1)c1ccc(Cl)s1. The van der Waals surface area contributed by atoms with Crippen LogP contribution < -0.4 is 10.2 Å². The number of carbonyl (C=O) groups is 2. The second-order valence-corrected chi connectivity index (χ2v) is 7.79. The Morgan fingerprint density at radius 2 is 1.84 bits per heavy atom. The van der Waals surface area contributed by atoms with Gasteiger partial charge in [0.05, 0.1) is 15.8 Å². The molecule has 2 aromatic rings. The Hall–Kier alpha value is -1.76. The van der Waals surface area contributed by atoms with Gasteiger partial charge in [0.15, 0.2) is 0 Å². The fourth-order valence-corrected chi connectivity index (χ4v) is 3.82. The van der Waals surface area contributed by atoms with Crippen LogP contribution in [0.2, 0.25) is 9.36 Å². The molecule has 0 spiro atoms. The van der Waals surface area contributed by atoms with Crippen molar-refractivity contribution in [3.8, 4) is 0 Å². The van der Waals surface area contributed by atoms with Gasteiger partial charge < -0.3 is 15.1 Å². The number of piperazine rings is 1. The molecule has 1 aromatic carbocycles. The van der Waals surface area contributed by atoms with E-state index >= 15 is 0 Å². The summed E-state index contributed by atoms with van der Waals surface area (Å²) in [5.74, 6) is -0.357. The van der Waals surface area contributed by atoms with Crippen LogP contribution >= 0.6 is 34.5 Å². The first-order valence-electron chi connectivity index (χ1n) is 7.85. The third-order valence-corrected chi connectivity index (χ3v) is 5.47. The van der Waals surface area contributed by atoms with Crippen LogP contribution in [0.4, 0.5) is 5.69 Å². The number of amides is 2. The lowest BCUT2D eigenvalue weighted by Gasteiger charge is -2.36. The molecule has 0 aliphatic carbocycles. The second-order valence-electron chi connectivity index (χ2n) is 5.63. The molecule has 8 heteroatoms. The van der Waals surface area contributed by atoms with Gasteiger partial charge in [0.1, 0.15) is 0 Å². The molecule has 25 heavy (non-hydrogen) atoms. The van der Waals surface area contributed by atoms with Crippen LogP contribution in [0.3, 0.4) is 0 Å². The van der Waals surface area contributed by atoms with Gasteiger partial charge in [-0.05, 0) is 30.3 Å².